The van der Waals surface area contributed by atoms with Crippen LogP contribution in [-0.4, -0.2) is 32.0 Å². The average molecular weight is 367 g/mol. The highest BCUT2D eigenvalue weighted by molar-refractivity contribution is 6.00. The fourth-order valence-electron chi connectivity index (χ4n) is 3.29. The third kappa shape index (κ3) is 2.56. The zero-order valence-corrected chi connectivity index (χ0v) is 14.3. The second kappa shape index (κ2) is 5.35. The quantitative estimate of drug-likeness (QED) is 0.511. The van der Waals surface area contributed by atoms with Gasteiger partial charge in [-0.1, -0.05) is 12.1 Å². The van der Waals surface area contributed by atoms with Gasteiger partial charge in [-0.3, -0.25) is 9.89 Å². The molecule has 4 aromatic rings. The minimum atomic E-state index is -2.89. The number of benzene rings is 2. The minimum absolute atomic E-state index is 0.392. The standard InChI is InChI=1S/C19H15F2N5O/c1-9-3-2-4-14-15(9)24-17(23-14)16-11-7-10(5-6-13(11)25-26-16)22-18(27)12-8-19(12,20)21/h2-7,12H,8H2,1H3,(H,22,27)(H,23,24)(H,25,26). The summed E-state index contributed by atoms with van der Waals surface area (Å²) in [5, 5.41) is 10.6. The lowest BCUT2D eigenvalue weighted by molar-refractivity contribution is -0.119. The molecule has 27 heavy (non-hydrogen) atoms. The van der Waals surface area contributed by atoms with E-state index in [1.165, 1.54) is 0 Å². The van der Waals surface area contributed by atoms with Crippen molar-refractivity contribution < 1.29 is 13.6 Å². The Morgan fingerprint density at radius 3 is 2.81 bits per heavy atom. The highest BCUT2D eigenvalue weighted by Crippen LogP contribution is 2.49. The van der Waals surface area contributed by atoms with Crippen LogP contribution in [0.25, 0.3) is 33.5 Å². The van der Waals surface area contributed by atoms with Gasteiger partial charge in [-0.25, -0.2) is 13.8 Å². The number of amides is 1. The third-order valence-electron chi connectivity index (χ3n) is 4.91. The molecule has 2 heterocycles. The van der Waals surface area contributed by atoms with Gasteiger partial charge < -0.3 is 10.3 Å². The lowest BCUT2D eigenvalue weighted by atomic mass is 10.1. The Balaban J connectivity index is 1.53. The molecular weight excluding hydrogens is 352 g/mol. The Hall–Kier alpha value is -3.29. The van der Waals surface area contributed by atoms with E-state index in [9.17, 15) is 13.6 Å². The molecule has 0 radical (unpaired) electrons. The van der Waals surface area contributed by atoms with Crippen LogP contribution < -0.4 is 5.32 Å². The van der Waals surface area contributed by atoms with Crippen LogP contribution in [0.15, 0.2) is 36.4 Å². The number of fused-ring (bicyclic) bond motifs is 2. The molecule has 0 aliphatic heterocycles. The number of H-pyrrole nitrogens is 2. The number of aromatic nitrogens is 4. The number of halogens is 2. The van der Waals surface area contributed by atoms with Crippen LogP contribution >= 0.6 is 0 Å². The molecule has 1 aliphatic carbocycles. The first-order valence-electron chi connectivity index (χ1n) is 8.55. The largest absolute Gasteiger partial charge is 0.337 e. The number of aryl methyl sites for hydroxylation is 1. The normalized spacial score (nSPS) is 18.1. The Morgan fingerprint density at radius 1 is 1.26 bits per heavy atom. The van der Waals surface area contributed by atoms with Crippen LogP contribution in [0, 0.1) is 12.8 Å². The van der Waals surface area contributed by atoms with Gasteiger partial charge in [0, 0.05) is 17.5 Å². The van der Waals surface area contributed by atoms with E-state index in [1.54, 1.807) is 18.2 Å². The number of nitrogens with one attached hydrogen (secondary N) is 3. The van der Waals surface area contributed by atoms with E-state index in [-0.39, 0.29) is 0 Å². The van der Waals surface area contributed by atoms with E-state index in [0.29, 0.717) is 17.2 Å². The van der Waals surface area contributed by atoms with Crippen LogP contribution in [0.4, 0.5) is 14.5 Å². The Kier molecular flexibility index (Phi) is 3.16. The van der Waals surface area contributed by atoms with Gasteiger partial charge >= 0.3 is 0 Å². The van der Waals surface area contributed by atoms with Crippen molar-refractivity contribution in [2.75, 3.05) is 5.32 Å². The minimum Gasteiger partial charge on any atom is -0.337 e. The lowest BCUT2D eigenvalue weighted by Crippen LogP contribution is -2.17. The first kappa shape index (κ1) is 15.9. The summed E-state index contributed by atoms with van der Waals surface area (Å²) < 4.78 is 26.2. The van der Waals surface area contributed by atoms with Gasteiger partial charge in [-0.05, 0) is 36.8 Å². The van der Waals surface area contributed by atoms with E-state index in [2.05, 4.69) is 25.5 Å². The molecule has 136 valence electrons. The Morgan fingerprint density at radius 2 is 2.07 bits per heavy atom. The van der Waals surface area contributed by atoms with Crippen LogP contribution in [0.3, 0.4) is 0 Å². The summed E-state index contributed by atoms with van der Waals surface area (Å²) in [6, 6.07) is 11.0. The lowest BCUT2D eigenvalue weighted by Gasteiger charge is -2.05. The maximum Gasteiger partial charge on any atom is 0.260 e. The summed E-state index contributed by atoms with van der Waals surface area (Å²) in [4.78, 5) is 19.8. The van der Waals surface area contributed by atoms with E-state index < -0.39 is 24.2 Å². The van der Waals surface area contributed by atoms with Crippen LogP contribution in [0.5, 0.6) is 0 Å². The summed E-state index contributed by atoms with van der Waals surface area (Å²) in [7, 11) is 0. The third-order valence-corrected chi connectivity index (χ3v) is 4.91. The molecule has 1 unspecified atom stereocenters. The number of para-hydroxylation sites is 1. The van der Waals surface area contributed by atoms with Crippen LogP contribution in [0.2, 0.25) is 0 Å². The van der Waals surface area contributed by atoms with Crippen molar-refractivity contribution in [1.82, 2.24) is 20.2 Å². The summed E-state index contributed by atoms with van der Waals surface area (Å²) >= 11 is 0. The van der Waals surface area contributed by atoms with Crippen molar-refractivity contribution in [1.29, 1.82) is 0 Å². The number of carbonyl (C=O) groups excluding carboxylic acids is 1. The molecule has 2 aromatic carbocycles. The van der Waals surface area contributed by atoms with Crippen molar-refractivity contribution in [3.8, 4) is 11.5 Å². The van der Waals surface area contributed by atoms with Gasteiger partial charge in [0.2, 0.25) is 5.91 Å². The zero-order chi connectivity index (χ0) is 18.8. The van der Waals surface area contributed by atoms with Crippen molar-refractivity contribution in [3.05, 3.63) is 42.0 Å². The van der Waals surface area contributed by atoms with Gasteiger partial charge in [0.15, 0.2) is 5.82 Å². The second-order valence-electron chi connectivity index (χ2n) is 6.90. The summed E-state index contributed by atoms with van der Waals surface area (Å²) in [6.07, 6.45) is -0.392. The molecule has 1 aliphatic rings. The highest BCUT2D eigenvalue weighted by atomic mass is 19.3. The molecule has 0 bridgehead atoms. The van der Waals surface area contributed by atoms with Crippen molar-refractivity contribution in [2.24, 2.45) is 5.92 Å². The number of hydrogen-bond acceptors (Lipinski definition) is 3. The second-order valence-corrected chi connectivity index (χ2v) is 6.90. The Bertz CT molecular complexity index is 1210. The molecule has 0 spiro atoms. The predicted molar refractivity (Wildman–Crippen MR) is 97.6 cm³/mol. The number of hydrogen-bond donors (Lipinski definition) is 3. The number of aromatic amines is 2. The number of rotatable bonds is 3. The van der Waals surface area contributed by atoms with Crippen LogP contribution in [0.1, 0.15) is 12.0 Å². The van der Waals surface area contributed by atoms with Crippen LogP contribution in [-0.2, 0) is 4.79 Å². The smallest absolute Gasteiger partial charge is 0.260 e. The van der Waals surface area contributed by atoms with Crippen molar-refractivity contribution >= 4 is 33.5 Å². The van der Waals surface area contributed by atoms with Gasteiger partial charge in [0.1, 0.15) is 11.6 Å². The van der Waals surface area contributed by atoms with Crippen molar-refractivity contribution in [3.63, 3.8) is 0 Å². The van der Waals surface area contributed by atoms with Crippen molar-refractivity contribution in [2.45, 2.75) is 19.3 Å². The molecule has 8 heteroatoms. The van der Waals surface area contributed by atoms with Gasteiger partial charge in [-0.2, -0.15) is 5.10 Å². The topological polar surface area (TPSA) is 86.5 Å². The number of carbonyl (C=O) groups is 1. The predicted octanol–water partition coefficient (Wildman–Crippen LogP) is 4.01. The number of imidazole rings is 1. The van der Waals surface area contributed by atoms with Gasteiger partial charge in [0.05, 0.1) is 16.6 Å². The molecule has 1 saturated carbocycles. The molecule has 1 atom stereocenters. The summed E-state index contributed by atoms with van der Waals surface area (Å²) in [5.74, 6) is -4.19. The van der Waals surface area contributed by atoms with Gasteiger partial charge in [-0.15, -0.1) is 0 Å². The molecule has 2 aromatic heterocycles. The van der Waals surface area contributed by atoms with E-state index in [1.807, 2.05) is 25.1 Å². The van der Waals surface area contributed by atoms with E-state index in [0.717, 1.165) is 27.5 Å². The number of nitrogens with zero attached hydrogens (tertiary/aromatic N) is 2. The van der Waals surface area contributed by atoms with E-state index in [4.69, 9.17) is 0 Å². The SMILES string of the molecule is Cc1cccc2[nH]c(-c3n[nH]c4ccc(NC(=O)C5CC5(F)F)cc34)nc12. The molecule has 1 fully saturated rings. The van der Waals surface area contributed by atoms with E-state index >= 15 is 0 Å². The Labute approximate surface area is 152 Å². The monoisotopic (exact) mass is 367 g/mol. The summed E-state index contributed by atoms with van der Waals surface area (Å²) in [5.41, 5.74) is 4.63. The zero-order valence-electron chi connectivity index (χ0n) is 14.3. The molecule has 3 N–H and O–H groups in total. The van der Waals surface area contributed by atoms with Gasteiger partial charge in [0.25, 0.3) is 5.92 Å². The first-order chi connectivity index (χ1) is 12.9. The fraction of sp³-hybridized carbons (Fsp3) is 0.211. The average Bonchev–Trinajstić information content (AvgIpc) is 3.00. The highest BCUT2D eigenvalue weighted by Gasteiger charge is 2.61. The fourth-order valence-corrected chi connectivity index (χ4v) is 3.29. The maximum atomic E-state index is 13.1. The molecular formula is C19H15F2N5O. The molecule has 1 amide bonds. The first-order valence-corrected chi connectivity index (χ1v) is 8.55. The maximum absolute atomic E-state index is 13.1. The summed E-state index contributed by atoms with van der Waals surface area (Å²) in [6.45, 7) is 1.98. The molecule has 5 rings (SSSR count). The number of anilines is 1. The molecule has 6 nitrogen and oxygen atoms in total. The number of alkyl halides is 2. The molecule has 0 saturated heterocycles.